The summed E-state index contributed by atoms with van der Waals surface area (Å²) in [5.41, 5.74) is 7.51. The van der Waals surface area contributed by atoms with E-state index in [0.717, 1.165) is 16.5 Å². The number of nitrogen functional groups attached to an aromatic ring is 1. The molecule has 2 aromatic rings. The maximum Gasteiger partial charge on any atom is 0.128 e. The zero-order valence-corrected chi connectivity index (χ0v) is 11.0. The monoisotopic (exact) mass is 248 g/mol. The van der Waals surface area contributed by atoms with Gasteiger partial charge in [-0.3, -0.25) is 0 Å². The Morgan fingerprint density at radius 2 is 2.18 bits per heavy atom. The molecule has 0 aliphatic carbocycles. The van der Waals surface area contributed by atoms with E-state index in [-0.39, 0.29) is 6.04 Å². The molecule has 2 rings (SSSR count). The summed E-state index contributed by atoms with van der Waals surface area (Å²) < 4.78 is 0. The van der Waals surface area contributed by atoms with E-state index in [1.54, 1.807) is 23.6 Å². The van der Waals surface area contributed by atoms with Gasteiger partial charge in [-0.1, -0.05) is 0 Å². The lowest BCUT2D eigenvalue weighted by Gasteiger charge is -2.13. The van der Waals surface area contributed by atoms with E-state index in [2.05, 4.69) is 22.2 Å². The first-order chi connectivity index (χ1) is 8.06. The number of hydrogen-bond donors (Lipinski definition) is 2. The van der Waals surface area contributed by atoms with E-state index in [0.29, 0.717) is 5.69 Å². The Kier molecular flexibility index (Phi) is 3.28. The molecule has 0 fully saturated rings. The smallest absolute Gasteiger partial charge is 0.128 e. The summed E-state index contributed by atoms with van der Waals surface area (Å²) in [6.07, 6.45) is 1.70. The van der Waals surface area contributed by atoms with Crippen molar-refractivity contribution in [1.82, 2.24) is 9.97 Å². The normalized spacial score (nSPS) is 12.4. The average molecular weight is 248 g/mol. The molecule has 2 heterocycles. The van der Waals surface area contributed by atoms with E-state index < -0.39 is 0 Å². The molecule has 1 unspecified atom stereocenters. The summed E-state index contributed by atoms with van der Waals surface area (Å²) in [5, 5.41) is 4.42. The molecule has 0 bridgehead atoms. The first-order valence-corrected chi connectivity index (χ1v) is 6.30. The Hall–Kier alpha value is -1.62. The second-order valence-electron chi connectivity index (χ2n) is 4.02. The zero-order valence-electron chi connectivity index (χ0n) is 10.2. The van der Waals surface area contributed by atoms with Crippen molar-refractivity contribution in [3.8, 4) is 0 Å². The lowest BCUT2D eigenvalue weighted by Crippen LogP contribution is -2.07. The van der Waals surface area contributed by atoms with Gasteiger partial charge in [0, 0.05) is 22.8 Å². The third-order valence-corrected chi connectivity index (χ3v) is 3.74. The van der Waals surface area contributed by atoms with Crippen LogP contribution in [0, 0.1) is 13.8 Å². The molecule has 0 amide bonds. The van der Waals surface area contributed by atoms with Gasteiger partial charge in [-0.25, -0.2) is 9.97 Å². The van der Waals surface area contributed by atoms with Crippen LogP contribution in [0.3, 0.4) is 0 Å². The molecule has 0 spiro atoms. The Morgan fingerprint density at radius 3 is 2.76 bits per heavy atom. The summed E-state index contributed by atoms with van der Waals surface area (Å²) in [7, 11) is 0. The van der Waals surface area contributed by atoms with Gasteiger partial charge in [0.1, 0.15) is 5.82 Å². The molecule has 0 radical (unpaired) electrons. The topological polar surface area (TPSA) is 63.8 Å². The molecule has 17 heavy (non-hydrogen) atoms. The van der Waals surface area contributed by atoms with Crippen molar-refractivity contribution in [1.29, 1.82) is 0 Å². The lowest BCUT2D eigenvalue weighted by molar-refractivity contribution is 0.880. The minimum atomic E-state index is 0.190. The van der Waals surface area contributed by atoms with Crippen molar-refractivity contribution in [2.24, 2.45) is 0 Å². The van der Waals surface area contributed by atoms with Gasteiger partial charge >= 0.3 is 0 Å². The molecule has 4 nitrogen and oxygen atoms in total. The van der Waals surface area contributed by atoms with Crippen LogP contribution in [0.4, 0.5) is 11.5 Å². The summed E-state index contributed by atoms with van der Waals surface area (Å²) in [4.78, 5) is 9.90. The highest BCUT2D eigenvalue weighted by Gasteiger charge is 2.13. The van der Waals surface area contributed by atoms with E-state index in [9.17, 15) is 0 Å². The van der Waals surface area contributed by atoms with Crippen molar-refractivity contribution >= 4 is 22.8 Å². The van der Waals surface area contributed by atoms with Gasteiger partial charge < -0.3 is 11.1 Å². The molecular formula is C12H16N4S. The molecule has 90 valence electrons. The number of thiazole rings is 1. The van der Waals surface area contributed by atoms with E-state index >= 15 is 0 Å². The second-order valence-corrected chi connectivity index (χ2v) is 5.26. The summed E-state index contributed by atoms with van der Waals surface area (Å²) in [5.74, 6) is 0.794. The fraction of sp³-hybridized carbons (Fsp3) is 0.333. The zero-order chi connectivity index (χ0) is 12.4. The molecule has 3 N–H and O–H groups in total. The Morgan fingerprint density at radius 1 is 1.41 bits per heavy atom. The SMILES string of the molecule is Cc1nc(C)c(C(C)Nc2cc(N)ccn2)s1. The van der Waals surface area contributed by atoms with Gasteiger partial charge in [0.2, 0.25) is 0 Å². The van der Waals surface area contributed by atoms with Crippen LogP contribution in [0.1, 0.15) is 28.5 Å². The number of nitrogens with two attached hydrogens (primary N) is 1. The van der Waals surface area contributed by atoms with Crippen molar-refractivity contribution in [2.45, 2.75) is 26.8 Å². The van der Waals surface area contributed by atoms with Crippen LogP contribution in [0.25, 0.3) is 0 Å². The van der Waals surface area contributed by atoms with E-state index in [4.69, 9.17) is 5.73 Å². The predicted molar refractivity (Wildman–Crippen MR) is 72.3 cm³/mol. The number of nitrogens with zero attached hydrogens (tertiary/aromatic N) is 2. The maximum absolute atomic E-state index is 5.72. The summed E-state index contributed by atoms with van der Waals surface area (Å²) in [6.45, 7) is 6.15. The van der Waals surface area contributed by atoms with Crippen LogP contribution in [0.15, 0.2) is 18.3 Å². The first-order valence-electron chi connectivity index (χ1n) is 5.48. The molecular weight excluding hydrogens is 232 g/mol. The quantitative estimate of drug-likeness (QED) is 0.876. The highest BCUT2D eigenvalue weighted by molar-refractivity contribution is 7.11. The number of anilines is 2. The molecule has 2 aromatic heterocycles. The number of nitrogens with one attached hydrogen (secondary N) is 1. The van der Waals surface area contributed by atoms with Crippen molar-refractivity contribution in [3.05, 3.63) is 33.9 Å². The predicted octanol–water partition coefficient (Wildman–Crippen LogP) is 2.91. The van der Waals surface area contributed by atoms with Gasteiger partial charge in [-0.15, -0.1) is 11.3 Å². The largest absolute Gasteiger partial charge is 0.399 e. The van der Waals surface area contributed by atoms with Gasteiger partial charge in [0.25, 0.3) is 0 Å². The molecule has 5 heteroatoms. The first kappa shape index (κ1) is 11.9. The molecule has 0 aliphatic rings. The Labute approximate surface area is 105 Å². The Bertz CT molecular complexity index is 521. The van der Waals surface area contributed by atoms with Gasteiger partial charge in [0.05, 0.1) is 16.7 Å². The number of rotatable bonds is 3. The van der Waals surface area contributed by atoms with Crippen molar-refractivity contribution in [2.75, 3.05) is 11.1 Å². The Balaban J connectivity index is 2.16. The van der Waals surface area contributed by atoms with Crippen LogP contribution < -0.4 is 11.1 Å². The van der Waals surface area contributed by atoms with Gasteiger partial charge in [-0.2, -0.15) is 0 Å². The summed E-state index contributed by atoms with van der Waals surface area (Å²) in [6, 6.07) is 3.80. The van der Waals surface area contributed by atoms with Crippen molar-refractivity contribution < 1.29 is 0 Å². The van der Waals surface area contributed by atoms with Crippen LogP contribution >= 0.6 is 11.3 Å². The molecule has 0 saturated heterocycles. The molecule has 0 aromatic carbocycles. The number of aromatic nitrogens is 2. The minimum Gasteiger partial charge on any atom is -0.399 e. The molecule has 1 atom stereocenters. The highest BCUT2D eigenvalue weighted by Crippen LogP contribution is 2.27. The average Bonchev–Trinajstić information content (AvgIpc) is 2.58. The second kappa shape index (κ2) is 4.71. The number of hydrogen-bond acceptors (Lipinski definition) is 5. The third kappa shape index (κ3) is 2.74. The maximum atomic E-state index is 5.72. The molecule has 0 saturated carbocycles. The molecule has 0 aliphatic heterocycles. The number of aryl methyl sites for hydroxylation is 2. The van der Waals surface area contributed by atoms with Crippen LogP contribution in [0.5, 0.6) is 0 Å². The van der Waals surface area contributed by atoms with Gasteiger partial charge in [0.15, 0.2) is 0 Å². The standard InChI is InChI=1S/C12H16N4S/c1-7-12(17-9(3)15-7)8(2)16-11-6-10(13)4-5-14-11/h4-6,8H,1-3H3,(H3,13,14,16). The van der Waals surface area contributed by atoms with Gasteiger partial charge in [-0.05, 0) is 26.8 Å². The lowest BCUT2D eigenvalue weighted by atomic mass is 10.2. The fourth-order valence-corrected chi connectivity index (χ4v) is 2.69. The van der Waals surface area contributed by atoms with E-state index in [1.807, 2.05) is 19.9 Å². The number of pyridine rings is 1. The van der Waals surface area contributed by atoms with Crippen LogP contribution in [-0.4, -0.2) is 9.97 Å². The highest BCUT2D eigenvalue weighted by atomic mass is 32.1. The van der Waals surface area contributed by atoms with Crippen molar-refractivity contribution in [3.63, 3.8) is 0 Å². The third-order valence-electron chi connectivity index (χ3n) is 2.48. The minimum absolute atomic E-state index is 0.190. The summed E-state index contributed by atoms with van der Waals surface area (Å²) >= 11 is 1.71. The fourth-order valence-electron chi connectivity index (χ4n) is 1.76. The van der Waals surface area contributed by atoms with E-state index in [1.165, 1.54) is 4.88 Å². The van der Waals surface area contributed by atoms with Crippen LogP contribution in [-0.2, 0) is 0 Å². The van der Waals surface area contributed by atoms with Crippen LogP contribution in [0.2, 0.25) is 0 Å².